The zero-order valence-electron chi connectivity index (χ0n) is 13.4. The zero-order chi connectivity index (χ0) is 17.5. The van der Waals surface area contributed by atoms with Crippen molar-refractivity contribution in [2.45, 2.75) is 13.0 Å². The number of nitrogens with one attached hydrogen (secondary N) is 1. The van der Waals surface area contributed by atoms with Gasteiger partial charge in [0, 0.05) is 6.07 Å². The van der Waals surface area contributed by atoms with Crippen molar-refractivity contribution in [3.63, 3.8) is 0 Å². The molecule has 0 aliphatic heterocycles. The Hall–Kier alpha value is -3.09. The Bertz CT molecular complexity index is 718. The number of carbonyl (C=O) groups excluding carboxylic acids is 1. The van der Waals surface area contributed by atoms with Crippen LogP contribution in [-0.4, -0.2) is 24.5 Å². The van der Waals surface area contributed by atoms with Crippen LogP contribution < -0.4 is 14.8 Å². The van der Waals surface area contributed by atoms with Gasteiger partial charge in [-0.1, -0.05) is 30.3 Å². The molecule has 0 aromatic heterocycles. The molecule has 0 heterocycles. The highest BCUT2D eigenvalue weighted by Gasteiger charge is 2.15. The molecule has 0 saturated heterocycles. The smallest absolute Gasteiger partial charge is 0.273 e. The van der Waals surface area contributed by atoms with E-state index in [2.05, 4.69) is 5.32 Å². The summed E-state index contributed by atoms with van der Waals surface area (Å²) in [6, 6.07) is 13.3. The molecule has 0 aliphatic carbocycles. The van der Waals surface area contributed by atoms with Crippen LogP contribution in [0.4, 0.5) is 5.69 Å². The summed E-state index contributed by atoms with van der Waals surface area (Å²) in [4.78, 5) is 22.3. The molecule has 1 amide bonds. The predicted octanol–water partition coefficient (Wildman–Crippen LogP) is 2.86. The van der Waals surface area contributed by atoms with Crippen molar-refractivity contribution in [1.82, 2.24) is 5.32 Å². The van der Waals surface area contributed by atoms with Gasteiger partial charge in [0.05, 0.1) is 24.1 Å². The quantitative estimate of drug-likeness (QED) is 0.622. The van der Waals surface area contributed by atoms with Gasteiger partial charge in [0.1, 0.15) is 0 Å². The molecule has 2 aromatic rings. The Morgan fingerprint density at radius 2 is 1.92 bits per heavy atom. The minimum absolute atomic E-state index is 0.135. The first-order valence-electron chi connectivity index (χ1n) is 7.31. The van der Waals surface area contributed by atoms with Crippen LogP contribution in [0.5, 0.6) is 11.5 Å². The van der Waals surface area contributed by atoms with Gasteiger partial charge >= 0.3 is 0 Å². The lowest BCUT2D eigenvalue weighted by atomic mass is 10.1. The Labute approximate surface area is 139 Å². The van der Waals surface area contributed by atoms with Crippen LogP contribution in [0.25, 0.3) is 0 Å². The molecule has 7 heteroatoms. The third kappa shape index (κ3) is 4.45. The van der Waals surface area contributed by atoms with Crippen LogP contribution in [0.3, 0.4) is 0 Å². The zero-order valence-corrected chi connectivity index (χ0v) is 13.4. The monoisotopic (exact) mass is 330 g/mol. The fraction of sp³-hybridized carbons (Fsp3) is 0.235. The largest absolute Gasteiger partial charge is 0.493 e. The van der Waals surface area contributed by atoms with E-state index in [-0.39, 0.29) is 30.0 Å². The molecule has 2 rings (SSSR count). The Kier molecular flexibility index (Phi) is 5.73. The second-order valence-corrected chi connectivity index (χ2v) is 5.08. The fourth-order valence-corrected chi connectivity index (χ4v) is 2.14. The van der Waals surface area contributed by atoms with Gasteiger partial charge < -0.3 is 14.8 Å². The third-order valence-corrected chi connectivity index (χ3v) is 3.39. The van der Waals surface area contributed by atoms with Gasteiger partial charge in [-0.05, 0) is 18.6 Å². The van der Waals surface area contributed by atoms with Crippen molar-refractivity contribution in [3.05, 3.63) is 64.2 Å². The molecule has 2 aromatic carbocycles. The van der Waals surface area contributed by atoms with E-state index in [0.717, 1.165) is 5.56 Å². The molecule has 1 atom stereocenters. The van der Waals surface area contributed by atoms with Crippen molar-refractivity contribution in [1.29, 1.82) is 0 Å². The molecule has 0 aliphatic rings. The summed E-state index contributed by atoms with van der Waals surface area (Å²) >= 11 is 0. The van der Waals surface area contributed by atoms with Crippen LogP contribution in [0.15, 0.2) is 48.5 Å². The van der Waals surface area contributed by atoms with E-state index in [1.807, 2.05) is 37.3 Å². The van der Waals surface area contributed by atoms with Crippen LogP contribution in [-0.2, 0) is 4.79 Å². The highest BCUT2D eigenvalue weighted by molar-refractivity contribution is 5.78. The molecule has 1 N–H and O–H groups in total. The van der Waals surface area contributed by atoms with Crippen LogP contribution in [0, 0.1) is 10.1 Å². The summed E-state index contributed by atoms with van der Waals surface area (Å²) in [5, 5.41) is 13.6. The average Bonchev–Trinajstić information content (AvgIpc) is 2.60. The summed E-state index contributed by atoms with van der Waals surface area (Å²) in [5.41, 5.74) is 0.836. The predicted molar refractivity (Wildman–Crippen MR) is 88.1 cm³/mol. The van der Waals surface area contributed by atoms with Crippen molar-refractivity contribution in [2.75, 3.05) is 13.7 Å². The lowest BCUT2D eigenvalue weighted by molar-refractivity contribution is -0.385. The summed E-state index contributed by atoms with van der Waals surface area (Å²) < 4.78 is 10.5. The SMILES string of the molecule is COc1ccc([N+](=O)[O-])cc1OCC(=O)N[C@H](C)c1ccccc1. The summed E-state index contributed by atoms with van der Waals surface area (Å²) in [5.74, 6) is 0.138. The number of methoxy groups -OCH3 is 1. The minimum Gasteiger partial charge on any atom is -0.493 e. The standard InChI is InChI=1S/C17H18N2O5/c1-12(13-6-4-3-5-7-13)18-17(20)11-24-16-10-14(19(21)22)8-9-15(16)23-2/h3-10,12H,11H2,1-2H3,(H,18,20)/t12-/m1/s1. The van der Waals surface area contributed by atoms with Gasteiger partial charge in [0.15, 0.2) is 18.1 Å². The molecule has 7 nitrogen and oxygen atoms in total. The van der Waals surface area contributed by atoms with Crippen LogP contribution in [0.1, 0.15) is 18.5 Å². The number of hydrogen-bond acceptors (Lipinski definition) is 5. The number of carbonyl (C=O) groups is 1. The molecule has 126 valence electrons. The summed E-state index contributed by atoms with van der Waals surface area (Å²) in [6.07, 6.45) is 0. The van der Waals surface area contributed by atoms with E-state index in [0.29, 0.717) is 5.75 Å². The fourth-order valence-electron chi connectivity index (χ4n) is 2.14. The van der Waals surface area contributed by atoms with Crippen molar-refractivity contribution >= 4 is 11.6 Å². The number of amides is 1. The number of non-ortho nitro benzene ring substituents is 1. The Morgan fingerprint density at radius 1 is 1.21 bits per heavy atom. The van der Waals surface area contributed by atoms with Crippen molar-refractivity contribution in [3.8, 4) is 11.5 Å². The van der Waals surface area contributed by atoms with Gasteiger partial charge in [0.2, 0.25) is 0 Å². The molecular weight excluding hydrogens is 312 g/mol. The highest BCUT2D eigenvalue weighted by Crippen LogP contribution is 2.31. The second kappa shape index (κ2) is 7.96. The molecule has 0 spiro atoms. The number of rotatable bonds is 7. The van der Waals surface area contributed by atoms with E-state index in [4.69, 9.17) is 9.47 Å². The molecule has 0 bridgehead atoms. The minimum atomic E-state index is -0.538. The van der Waals surface area contributed by atoms with E-state index in [1.165, 1.54) is 25.3 Å². The van der Waals surface area contributed by atoms with Gasteiger partial charge in [0.25, 0.3) is 11.6 Å². The number of ether oxygens (including phenoxy) is 2. The van der Waals surface area contributed by atoms with E-state index >= 15 is 0 Å². The molecule has 0 radical (unpaired) electrons. The Balaban J connectivity index is 1.98. The first-order valence-corrected chi connectivity index (χ1v) is 7.31. The second-order valence-electron chi connectivity index (χ2n) is 5.08. The third-order valence-electron chi connectivity index (χ3n) is 3.39. The maximum absolute atomic E-state index is 12.0. The first-order chi connectivity index (χ1) is 11.5. The normalized spacial score (nSPS) is 11.4. The van der Waals surface area contributed by atoms with Crippen molar-refractivity contribution in [2.24, 2.45) is 0 Å². The van der Waals surface area contributed by atoms with Crippen LogP contribution in [0.2, 0.25) is 0 Å². The average molecular weight is 330 g/mol. The topological polar surface area (TPSA) is 90.7 Å². The van der Waals surface area contributed by atoms with E-state index < -0.39 is 4.92 Å². The number of nitro benzene ring substituents is 1. The van der Waals surface area contributed by atoms with Crippen LogP contribution >= 0.6 is 0 Å². The van der Waals surface area contributed by atoms with Crippen molar-refractivity contribution < 1.29 is 19.2 Å². The molecule has 24 heavy (non-hydrogen) atoms. The highest BCUT2D eigenvalue weighted by atomic mass is 16.6. The lowest BCUT2D eigenvalue weighted by Crippen LogP contribution is -2.31. The van der Waals surface area contributed by atoms with E-state index in [9.17, 15) is 14.9 Å². The number of nitro groups is 1. The van der Waals surface area contributed by atoms with Gasteiger partial charge in [-0.3, -0.25) is 14.9 Å². The molecule has 0 saturated carbocycles. The Morgan fingerprint density at radius 3 is 2.54 bits per heavy atom. The number of benzene rings is 2. The summed E-state index contributed by atoms with van der Waals surface area (Å²) in [7, 11) is 1.42. The maximum atomic E-state index is 12.0. The number of nitrogens with zero attached hydrogens (tertiary/aromatic N) is 1. The summed E-state index contributed by atoms with van der Waals surface area (Å²) in [6.45, 7) is 1.59. The van der Waals surface area contributed by atoms with E-state index in [1.54, 1.807) is 0 Å². The van der Waals surface area contributed by atoms with Gasteiger partial charge in [-0.2, -0.15) is 0 Å². The van der Waals surface area contributed by atoms with Gasteiger partial charge in [-0.25, -0.2) is 0 Å². The lowest BCUT2D eigenvalue weighted by Gasteiger charge is -2.15. The molecule has 0 unspecified atom stereocenters. The molecule has 0 fully saturated rings. The maximum Gasteiger partial charge on any atom is 0.273 e. The number of hydrogen-bond donors (Lipinski definition) is 1. The first kappa shape index (κ1) is 17.3. The molecular formula is C17H18N2O5. The van der Waals surface area contributed by atoms with Gasteiger partial charge in [-0.15, -0.1) is 0 Å².